The van der Waals surface area contributed by atoms with Gasteiger partial charge in [-0.25, -0.2) is 0 Å². The van der Waals surface area contributed by atoms with E-state index in [2.05, 4.69) is 37.5 Å². The third kappa shape index (κ3) is 40.3. The van der Waals surface area contributed by atoms with Crippen LogP contribution in [0.25, 0.3) is 0 Å². The molecular formula is C54H110N4O4. The second-order valence-electron chi connectivity index (χ2n) is 19.0. The van der Waals surface area contributed by atoms with E-state index in [1.54, 1.807) is 0 Å². The molecule has 2 atom stereocenters. The van der Waals surface area contributed by atoms with Gasteiger partial charge in [0, 0.05) is 0 Å². The molecule has 0 aliphatic rings. The summed E-state index contributed by atoms with van der Waals surface area (Å²) in [5.74, 6) is 0.321. The molecule has 0 aromatic heterocycles. The number of nitrogens with zero attached hydrogens (tertiary/aromatic N) is 2. The Morgan fingerprint density at radius 3 is 0.903 bits per heavy atom. The molecular weight excluding hydrogens is 769 g/mol. The Hall–Kier alpha value is -1.22. The third-order valence-corrected chi connectivity index (χ3v) is 13.1. The molecule has 0 fully saturated rings. The van der Waals surface area contributed by atoms with Gasteiger partial charge in [-0.2, -0.15) is 0 Å². The number of nitrogens with two attached hydrogens (primary N) is 2. The smallest absolute Gasteiger partial charge is 0.308 e. The molecule has 0 aromatic rings. The Balaban J connectivity index is 4.45. The first-order valence-electron chi connectivity index (χ1n) is 27.6. The van der Waals surface area contributed by atoms with Crippen molar-refractivity contribution in [3.8, 4) is 0 Å². The minimum atomic E-state index is 0.0644. The number of ether oxygens (including phenoxy) is 2. The molecule has 0 aromatic carbocycles. The van der Waals surface area contributed by atoms with Gasteiger partial charge in [0.05, 0.1) is 25.0 Å². The van der Waals surface area contributed by atoms with Crippen LogP contribution in [-0.2, 0) is 19.1 Å². The lowest BCUT2D eigenvalue weighted by atomic mass is 9.94. The lowest BCUT2D eigenvalue weighted by molar-refractivity contribution is -0.150. The molecule has 0 aliphatic heterocycles. The summed E-state index contributed by atoms with van der Waals surface area (Å²) in [5.41, 5.74) is 11.8. The number of rotatable bonds is 51. The Kier molecular flexibility index (Phi) is 48.3. The molecule has 8 heteroatoms. The van der Waals surface area contributed by atoms with Crippen LogP contribution < -0.4 is 11.5 Å². The molecule has 0 aliphatic carbocycles. The van der Waals surface area contributed by atoms with Gasteiger partial charge < -0.3 is 30.7 Å². The monoisotopic (exact) mass is 879 g/mol. The van der Waals surface area contributed by atoms with Crippen molar-refractivity contribution in [2.24, 2.45) is 23.3 Å². The quantitative estimate of drug-likeness (QED) is 0.0459. The van der Waals surface area contributed by atoms with Gasteiger partial charge in [0.2, 0.25) is 0 Å². The zero-order valence-corrected chi connectivity index (χ0v) is 42.4. The van der Waals surface area contributed by atoms with E-state index in [9.17, 15) is 9.59 Å². The normalized spacial score (nSPS) is 12.7. The van der Waals surface area contributed by atoms with E-state index in [-0.39, 0.29) is 23.8 Å². The van der Waals surface area contributed by atoms with Gasteiger partial charge in [-0.3, -0.25) is 9.59 Å². The summed E-state index contributed by atoms with van der Waals surface area (Å²) >= 11 is 0. The fraction of sp³-hybridized carbons (Fsp3) is 0.963. The Labute approximate surface area is 387 Å². The standard InChI is InChI=1S/C54H110N4O4/c1-5-9-13-17-19-27-39-51(37-25-15-11-7-3)53(59)61-49-33-23-21-29-43-57(47-35-41-55)45-31-32-46-58(48-36-42-56)44-30-22-24-34-50-62-54(60)52(38-26-16-12-8-4)40-28-20-18-14-10-6-2/h51-52H,5-50,55-56H2,1-4H3. The van der Waals surface area contributed by atoms with Crippen LogP contribution in [0.3, 0.4) is 0 Å². The highest BCUT2D eigenvalue weighted by molar-refractivity contribution is 5.72. The van der Waals surface area contributed by atoms with Crippen LogP contribution in [-0.4, -0.2) is 87.3 Å². The van der Waals surface area contributed by atoms with E-state index in [1.807, 2.05) is 0 Å². The Morgan fingerprint density at radius 2 is 0.581 bits per heavy atom. The highest BCUT2D eigenvalue weighted by atomic mass is 16.5. The second kappa shape index (κ2) is 49.2. The Morgan fingerprint density at radius 1 is 0.339 bits per heavy atom. The number of hydrogen-bond acceptors (Lipinski definition) is 8. The number of carbonyl (C=O) groups excluding carboxylic acids is 2. The number of carbonyl (C=O) groups is 2. The van der Waals surface area contributed by atoms with E-state index in [0.29, 0.717) is 13.2 Å². The zero-order chi connectivity index (χ0) is 45.4. The van der Waals surface area contributed by atoms with Crippen molar-refractivity contribution >= 4 is 11.9 Å². The summed E-state index contributed by atoms with van der Waals surface area (Å²) in [6.45, 7) is 18.3. The van der Waals surface area contributed by atoms with Gasteiger partial charge in [-0.15, -0.1) is 0 Å². The second-order valence-corrected chi connectivity index (χ2v) is 19.0. The average molecular weight is 879 g/mol. The fourth-order valence-electron chi connectivity index (χ4n) is 8.87. The highest BCUT2D eigenvalue weighted by Gasteiger charge is 2.20. The fourth-order valence-corrected chi connectivity index (χ4v) is 8.87. The lowest BCUT2D eigenvalue weighted by Gasteiger charge is -2.24. The van der Waals surface area contributed by atoms with Crippen molar-refractivity contribution < 1.29 is 19.1 Å². The van der Waals surface area contributed by atoms with Crippen LogP contribution in [0.1, 0.15) is 259 Å². The van der Waals surface area contributed by atoms with E-state index < -0.39 is 0 Å². The minimum Gasteiger partial charge on any atom is -0.465 e. The summed E-state index contributed by atoms with van der Waals surface area (Å²) in [7, 11) is 0. The third-order valence-electron chi connectivity index (χ3n) is 13.1. The molecule has 8 nitrogen and oxygen atoms in total. The zero-order valence-electron chi connectivity index (χ0n) is 42.4. The number of hydrogen-bond donors (Lipinski definition) is 2. The van der Waals surface area contributed by atoms with Gasteiger partial charge in [0.25, 0.3) is 0 Å². The molecule has 0 saturated carbocycles. The molecule has 0 heterocycles. The molecule has 2 unspecified atom stereocenters. The first-order chi connectivity index (χ1) is 30.5. The van der Waals surface area contributed by atoms with Crippen molar-refractivity contribution in [1.29, 1.82) is 0 Å². The van der Waals surface area contributed by atoms with Crippen LogP contribution >= 0.6 is 0 Å². The summed E-state index contributed by atoms with van der Waals surface area (Å²) in [5, 5.41) is 0. The summed E-state index contributed by atoms with van der Waals surface area (Å²) in [6.07, 6.45) is 42.5. The molecule has 62 heavy (non-hydrogen) atoms. The van der Waals surface area contributed by atoms with Crippen LogP contribution in [0.15, 0.2) is 0 Å². The van der Waals surface area contributed by atoms with E-state index in [4.69, 9.17) is 20.9 Å². The maximum atomic E-state index is 13.0. The highest BCUT2D eigenvalue weighted by Crippen LogP contribution is 2.22. The number of esters is 2. The first-order valence-corrected chi connectivity index (χ1v) is 27.6. The van der Waals surface area contributed by atoms with Gasteiger partial charge in [0.1, 0.15) is 0 Å². The SMILES string of the molecule is CCCCCCCCC(CCCCCC)C(=O)OCCCCCCN(CCCN)CCCCN(CCCN)CCCCCCOC(=O)C(CCCCCC)CCCCCCCC. The maximum Gasteiger partial charge on any atom is 0.308 e. The van der Waals surface area contributed by atoms with E-state index in [1.165, 1.54) is 141 Å². The maximum absolute atomic E-state index is 13.0. The molecule has 0 bridgehead atoms. The van der Waals surface area contributed by atoms with E-state index >= 15 is 0 Å². The summed E-state index contributed by atoms with van der Waals surface area (Å²) in [6, 6.07) is 0. The van der Waals surface area contributed by atoms with Crippen LogP contribution in [0.4, 0.5) is 0 Å². The van der Waals surface area contributed by atoms with Crippen molar-refractivity contribution in [3.63, 3.8) is 0 Å². The predicted octanol–water partition coefficient (Wildman–Crippen LogP) is 13.9. The molecule has 0 radical (unpaired) electrons. The largest absolute Gasteiger partial charge is 0.465 e. The van der Waals surface area contributed by atoms with Gasteiger partial charge >= 0.3 is 11.9 Å². The van der Waals surface area contributed by atoms with Crippen LogP contribution in [0.2, 0.25) is 0 Å². The molecule has 4 N–H and O–H groups in total. The topological polar surface area (TPSA) is 111 Å². The van der Waals surface area contributed by atoms with Crippen molar-refractivity contribution in [2.75, 3.05) is 65.6 Å². The van der Waals surface area contributed by atoms with Gasteiger partial charge in [0.15, 0.2) is 0 Å². The van der Waals surface area contributed by atoms with Crippen molar-refractivity contribution in [3.05, 3.63) is 0 Å². The molecule has 370 valence electrons. The molecule has 0 amide bonds. The average Bonchev–Trinajstić information content (AvgIpc) is 3.28. The molecule has 0 spiro atoms. The Bertz CT molecular complexity index is 851. The van der Waals surface area contributed by atoms with Crippen LogP contribution in [0, 0.1) is 11.8 Å². The van der Waals surface area contributed by atoms with Gasteiger partial charge in [-0.1, -0.05) is 182 Å². The summed E-state index contributed by atoms with van der Waals surface area (Å²) in [4.78, 5) is 31.3. The van der Waals surface area contributed by atoms with E-state index in [0.717, 1.165) is 142 Å². The predicted molar refractivity (Wildman–Crippen MR) is 269 cm³/mol. The van der Waals surface area contributed by atoms with Gasteiger partial charge in [-0.05, 0) is 129 Å². The minimum absolute atomic E-state index is 0.0644. The first kappa shape index (κ1) is 60.8. The lowest BCUT2D eigenvalue weighted by Crippen LogP contribution is -2.31. The van der Waals surface area contributed by atoms with Crippen LogP contribution in [0.5, 0.6) is 0 Å². The summed E-state index contributed by atoms with van der Waals surface area (Å²) < 4.78 is 11.7. The molecule has 0 rings (SSSR count). The number of unbranched alkanes of at least 4 members (excludes halogenated alkanes) is 23. The van der Waals surface area contributed by atoms with Crippen molar-refractivity contribution in [2.45, 2.75) is 259 Å². The molecule has 0 saturated heterocycles. The van der Waals surface area contributed by atoms with Crippen molar-refractivity contribution in [1.82, 2.24) is 9.80 Å².